The van der Waals surface area contributed by atoms with Crippen molar-refractivity contribution < 1.29 is 0 Å². The van der Waals surface area contributed by atoms with E-state index in [0.29, 0.717) is 0 Å². The summed E-state index contributed by atoms with van der Waals surface area (Å²) in [4.78, 5) is 11.5. The summed E-state index contributed by atoms with van der Waals surface area (Å²) in [6.07, 6.45) is 3.10. The molecule has 0 radical (unpaired) electrons. The van der Waals surface area contributed by atoms with Crippen LogP contribution in [0.1, 0.15) is 53.3 Å². The minimum Gasteiger partial charge on any atom is -0.370 e. The van der Waals surface area contributed by atoms with Gasteiger partial charge in [-0.2, -0.15) is 0 Å². The van der Waals surface area contributed by atoms with Crippen LogP contribution in [0.2, 0.25) is 0 Å². The molecule has 1 N–H and O–H groups in total. The Hall–Kier alpha value is -1.32. The average Bonchev–Trinajstić information content (AvgIpc) is 2.34. The third-order valence-electron chi connectivity index (χ3n) is 2.89. The standard InChI is InChI=1S/C16H30N4/c1-7-9-13-18-14(17-10-8-2)11-15(19-13)20(6)12-16(3,4)5/h11H,7-10,12H2,1-6H3,(H,17,18,19). The highest BCUT2D eigenvalue weighted by Crippen LogP contribution is 2.21. The fourth-order valence-corrected chi connectivity index (χ4v) is 2.15. The van der Waals surface area contributed by atoms with Crippen LogP contribution in [0.5, 0.6) is 0 Å². The molecule has 1 aromatic rings. The second-order valence-corrected chi connectivity index (χ2v) is 6.62. The van der Waals surface area contributed by atoms with Crippen molar-refractivity contribution in [2.24, 2.45) is 5.41 Å². The minimum absolute atomic E-state index is 0.252. The zero-order chi connectivity index (χ0) is 15.2. The number of hydrogen-bond donors (Lipinski definition) is 1. The summed E-state index contributed by atoms with van der Waals surface area (Å²) in [5.74, 6) is 2.89. The molecule has 1 aromatic heterocycles. The number of anilines is 2. The SMILES string of the molecule is CCCNc1cc(N(C)CC(C)(C)C)nc(CCC)n1. The number of nitrogens with one attached hydrogen (secondary N) is 1. The van der Waals surface area contributed by atoms with Gasteiger partial charge in [-0.3, -0.25) is 0 Å². The summed E-state index contributed by atoms with van der Waals surface area (Å²) in [6, 6.07) is 2.06. The van der Waals surface area contributed by atoms with Gasteiger partial charge in [0.15, 0.2) is 0 Å². The lowest BCUT2D eigenvalue weighted by atomic mass is 9.96. The summed E-state index contributed by atoms with van der Waals surface area (Å²) < 4.78 is 0. The van der Waals surface area contributed by atoms with Gasteiger partial charge in [-0.25, -0.2) is 9.97 Å². The molecule has 0 aliphatic rings. The Kier molecular flexibility index (Phi) is 6.24. The van der Waals surface area contributed by atoms with Gasteiger partial charge in [0.1, 0.15) is 17.5 Å². The summed E-state index contributed by atoms with van der Waals surface area (Å²) in [5, 5.41) is 3.37. The molecule has 1 rings (SSSR count). The number of hydrogen-bond acceptors (Lipinski definition) is 4. The van der Waals surface area contributed by atoms with Crippen molar-refractivity contribution in [3.63, 3.8) is 0 Å². The van der Waals surface area contributed by atoms with Gasteiger partial charge in [-0.1, -0.05) is 34.6 Å². The highest BCUT2D eigenvalue weighted by atomic mass is 15.2. The molecule has 0 atom stereocenters. The van der Waals surface area contributed by atoms with Crippen LogP contribution in [0.15, 0.2) is 6.07 Å². The molecule has 0 fully saturated rings. The lowest BCUT2D eigenvalue weighted by molar-refractivity contribution is 0.417. The third-order valence-corrected chi connectivity index (χ3v) is 2.89. The zero-order valence-corrected chi connectivity index (χ0v) is 14.0. The lowest BCUT2D eigenvalue weighted by Crippen LogP contribution is -2.30. The molecule has 0 spiro atoms. The van der Waals surface area contributed by atoms with E-state index in [1.807, 2.05) is 0 Å². The molecule has 0 aliphatic carbocycles. The van der Waals surface area contributed by atoms with Crippen LogP contribution < -0.4 is 10.2 Å². The number of rotatable bonds is 7. The number of aryl methyl sites for hydroxylation is 1. The van der Waals surface area contributed by atoms with E-state index < -0.39 is 0 Å². The maximum Gasteiger partial charge on any atom is 0.134 e. The van der Waals surface area contributed by atoms with E-state index in [0.717, 1.165) is 49.8 Å². The molecule has 0 unspecified atom stereocenters. The van der Waals surface area contributed by atoms with Crippen molar-refractivity contribution in [1.29, 1.82) is 0 Å². The van der Waals surface area contributed by atoms with E-state index in [1.165, 1.54) is 0 Å². The van der Waals surface area contributed by atoms with Crippen molar-refractivity contribution in [1.82, 2.24) is 9.97 Å². The van der Waals surface area contributed by atoms with Crippen LogP contribution in [-0.4, -0.2) is 30.1 Å². The van der Waals surface area contributed by atoms with Crippen LogP contribution in [0.4, 0.5) is 11.6 Å². The Morgan fingerprint density at radius 2 is 1.85 bits per heavy atom. The van der Waals surface area contributed by atoms with Gasteiger partial charge in [0.25, 0.3) is 0 Å². The van der Waals surface area contributed by atoms with E-state index in [9.17, 15) is 0 Å². The van der Waals surface area contributed by atoms with Gasteiger partial charge in [-0.15, -0.1) is 0 Å². The molecule has 0 aliphatic heterocycles. The topological polar surface area (TPSA) is 41.0 Å². The Morgan fingerprint density at radius 3 is 2.40 bits per heavy atom. The van der Waals surface area contributed by atoms with Gasteiger partial charge < -0.3 is 10.2 Å². The minimum atomic E-state index is 0.252. The molecule has 0 saturated carbocycles. The Balaban J connectivity index is 2.95. The summed E-state index contributed by atoms with van der Waals surface area (Å²) in [6.45, 7) is 13.0. The van der Waals surface area contributed by atoms with Crippen LogP contribution in [-0.2, 0) is 6.42 Å². The third kappa shape index (κ3) is 5.76. The molecule has 0 aromatic carbocycles. The highest BCUT2D eigenvalue weighted by Gasteiger charge is 2.16. The summed E-state index contributed by atoms with van der Waals surface area (Å²) in [7, 11) is 2.10. The molecule has 4 heteroatoms. The maximum absolute atomic E-state index is 4.69. The Bertz CT molecular complexity index is 409. The van der Waals surface area contributed by atoms with Crippen LogP contribution >= 0.6 is 0 Å². The molecular formula is C16H30N4. The lowest BCUT2D eigenvalue weighted by Gasteiger charge is -2.28. The molecular weight excluding hydrogens is 248 g/mol. The van der Waals surface area contributed by atoms with E-state index in [1.54, 1.807) is 0 Å². The first kappa shape index (κ1) is 16.7. The summed E-state index contributed by atoms with van der Waals surface area (Å²) in [5.41, 5.74) is 0.252. The molecule has 4 nitrogen and oxygen atoms in total. The highest BCUT2D eigenvalue weighted by molar-refractivity contribution is 5.49. The van der Waals surface area contributed by atoms with Crippen LogP contribution in [0.3, 0.4) is 0 Å². The van der Waals surface area contributed by atoms with Crippen molar-refractivity contribution in [2.75, 3.05) is 30.4 Å². The normalized spacial score (nSPS) is 11.5. The molecule has 1 heterocycles. The Morgan fingerprint density at radius 1 is 1.15 bits per heavy atom. The summed E-state index contributed by atoms with van der Waals surface area (Å²) >= 11 is 0. The molecule has 20 heavy (non-hydrogen) atoms. The predicted octanol–water partition coefficient (Wildman–Crippen LogP) is 3.73. The van der Waals surface area contributed by atoms with E-state index in [2.05, 4.69) is 62.9 Å². The average molecular weight is 278 g/mol. The number of nitrogens with zero attached hydrogens (tertiary/aromatic N) is 3. The van der Waals surface area contributed by atoms with E-state index in [4.69, 9.17) is 4.98 Å². The first-order valence-corrected chi connectivity index (χ1v) is 7.68. The second-order valence-electron chi connectivity index (χ2n) is 6.62. The largest absolute Gasteiger partial charge is 0.370 e. The van der Waals surface area contributed by atoms with Crippen molar-refractivity contribution in [3.8, 4) is 0 Å². The predicted molar refractivity (Wildman–Crippen MR) is 87.5 cm³/mol. The van der Waals surface area contributed by atoms with Crippen molar-refractivity contribution >= 4 is 11.6 Å². The van der Waals surface area contributed by atoms with Gasteiger partial charge in [0.2, 0.25) is 0 Å². The van der Waals surface area contributed by atoms with Crippen molar-refractivity contribution in [2.45, 2.75) is 53.9 Å². The van der Waals surface area contributed by atoms with Crippen LogP contribution in [0.25, 0.3) is 0 Å². The van der Waals surface area contributed by atoms with Crippen LogP contribution in [0, 0.1) is 5.41 Å². The van der Waals surface area contributed by atoms with Gasteiger partial charge in [-0.05, 0) is 18.3 Å². The Labute approximate surface area is 124 Å². The second kappa shape index (κ2) is 7.46. The van der Waals surface area contributed by atoms with Crippen molar-refractivity contribution in [3.05, 3.63) is 11.9 Å². The van der Waals surface area contributed by atoms with E-state index in [-0.39, 0.29) is 5.41 Å². The monoisotopic (exact) mass is 278 g/mol. The molecule has 0 bridgehead atoms. The quantitative estimate of drug-likeness (QED) is 0.825. The zero-order valence-electron chi connectivity index (χ0n) is 14.0. The first-order chi connectivity index (χ1) is 9.35. The van der Waals surface area contributed by atoms with Gasteiger partial charge in [0.05, 0.1) is 0 Å². The molecule has 0 amide bonds. The maximum atomic E-state index is 4.69. The van der Waals surface area contributed by atoms with E-state index >= 15 is 0 Å². The fraction of sp³-hybridized carbons (Fsp3) is 0.750. The number of aromatic nitrogens is 2. The fourth-order valence-electron chi connectivity index (χ4n) is 2.15. The van der Waals surface area contributed by atoms with Gasteiger partial charge in [0, 0.05) is 32.6 Å². The van der Waals surface area contributed by atoms with Gasteiger partial charge >= 0.3 is 0 Å². The molecule has 0 saturated heterocycles. The molecule has 114 valence electrons. The first-order valence-electron chi connectivity index (χ1n) is 7.68. The smallest absolute Gasteiger partial charge is 0.134 e.